The number of nitriles is 1. The zero-order chi connectivity index (χ0) is 19.8. The van der Waals surface area contributed by atoms with Crippen LogP contribution in [0.5, 0.6) is 0 Å². The fourth-order valence-electron chi connectivity index (χ4n) is 3.36. The predicted molar refractivity (Wildman–Crippen MR) is 101 cm³/mol. The van der Waals surface area contributed by atoms with Gasteiger partial charge in [-0.25, -0.2) is 18.4 Å². The molecule has 1 saturated heterocycles. The number of nitrogens with one attached hydrogen (secondary N) is 1. The lowest BCUT2D eigenvalue weighted by atomic mass is 9.80. The third kappa shape index (κ3) is 3.07. The molecule has 1 aliphatic rings. The summed E-state index contributed by atoms with van der Waals surface area (Å²) in [5, 5.41) is 17.0. The normalized spacial score (nSPS) is 17.7. The van der Waals surface area contributed by atoms with Crippen molar-refractivity contribution in [2.45, 2.75) is 26.3 Å². The Balaban J connectivity index is 1.97. The topological polar surface area (TPSA) is 117 Å². The van der Waals surface area contributed by atoms with Crippen LogP contribution in [-0.4, -0.2) is 58.4 Å². The fourth-order valence-corrected chi connectivity index (χ4v) is 4.57. The number of hydrogen-bond acceptors (Lipinski definition) is 7. The largest absolute Gasteiger partial charge is 0.373 e. The summed E-state index contributed by atoms with van der Waals surface area (Å²) < 4.78 is 27.4. The van der Waals surface area contributed by atoms with Gasteiger partial charge in [0.15, 0.2) is 0 Å². The minimum atomic E-state index is -3.29. The lowest BCUT2D eigenvalue weighted by molar-refractivity contribution is 0.0357. The SMILES string of the molecule is CCS(=O)(=O)N1CC([C@H](C)C#N)(n2cc(-c3ncnc(NC)c3C)cn2)C1. The first-order valence-electron chi connectivity index (χ1n) is 8.71. The number of hydrogen-bond donors (Lipinski definition) is 1. The molecular weight excluding hydrogens is 366 g/mol. The molecular formula is C17H23N7O2S. The van der Waals surface area contributed by atoms with E-state index >= 15 is 0 Å². The van der Waals surface area contributed by atoms with Crippen molar-refractivity contribution < 1.29 is 8.42 Å². The van der Waals surface area contributed by atoms with Crippen molar-refractivity contribution in [2.24, 2.45) is 5.92 Å². The van der Waals surface area contributed by atoms with Crippen LogP contribution < -0.4 is 5.32 Å². The van der Waals surface area contributed by atoms with E-state index in [0.717, 1.165) is 22.6 Å². The van der Waals surface area contributed by atoms with Gasteiger partial charge in [0.1, 0.15) is 17.7 Å². The zero-order valence-corrected chi connectivity index (χ0v) is 16.7. The van der Waals surface area contributed by atoms with Crippen LogP contribution in [0.3, 0.4) is 0 Å². The maximum absolute atomic E-state index is 12.1. The van der Waals surface area contributed by atoms with E-state index in [1.807, 2.05) is 13.1 Å². The Morgan fingerprint density at radius 2 is 2.11 bits per heavy atom. The van der Waals surface area contributed by atoms with E-state index in [1.54, 1.807) is 31.8 Å². The van der Waals surface area contributed by atoms with Gasteiger partial charge in [-0.15, -0.1) is 0 Å². The third-order valence-corrected chi connectivity index (χ3v) is 7.07. The Labute approximate surface area is 159 Å². The fraction of sp³-hybridized carbons (Fsp3) is 0.529. The van der Waals surface area contributed by atoms with Gasteiger partial charge in [-0.1, -0.05) is 0 Å². The molecule has 0 saturated carbocycles. The zero-order valence-electron chi connectivity index (χ0n) is 15.8. The second-order valence-corrected chi connectivity index (χ2v) is 9.00. The molecule has 0 spiro atoms. The van der Waals surface area contributed by atoms with Gasteiger partial charge in [-0.3, -0.25) is 4.68 Å². The number of sulfonamides is 1. The molecule has 10 heteroatoms. The Morgan fingerprint density at radius 1 is 1.41 bits per heavy atom. The number of rotatable bonds is 6. The molecule has 0 amide bonds. The lowest BCUT2D eigenvalue weighted by Crippen LogP contribution is -2.67. The molecule has 0 bridgehead atoms. The second kappa shape index (κ2) is 6.90. The van der Waals surface area contributed by atoms with Crippen molar-refractivity contribution in [2.75, 3.05) is 31.2 Å². The first kappa shape index (κ1) is 19.3. The monoisotopic (exact) mass is 389 g/mol. The van der Waals surface area contributed by atoms with Crippen molar-refractivity contribution >= 4 is 15.8 Å². The smallest absolute Gasteiger partial charge is 0.213 e. The first-order chi connectivity index (χ1) is 12.8. The highest BCUT2D eigenvalue weighted by atomic mass is 32.2. The molecule has 1 aliphatic heterocycles. The predicted octanol–water partition coefficient (Wildman–Crippen LogP) is 1.21. The van der Waals surface area contributed by atoms with Crippen molar-refractivity contribution in [3.05, 3.63) is 24.3 Å². The van der Waals surface area contributed by atoms with Crippen molar-refractivity contribution in [1.29, 1.82) is 5.26 Å². The molecule has 144 valence electrons. The van der Waals surface area contributed by atoms with Gasteiger partial charge in [0.05, 0.1) is 29.6 Å². The molecule has 3 heterocycles. The summed E-state index contributed by atoms with van der Waals surface area (Å²) in [5.74, 6) is 0.381. The van der Waals surface area contributed by atoms with Crippen molar-refractivity contribution in [3.63, 3.8) is 0 Å². The molecule has 27 heavy (non-hydrogen) atoms. The van der Waals surface area contributed by atoms with Gasteiger partial charge in [0, 0.05) is 37.5 Å². The Kier molecular flexibility index (Phi) is 4.92. The van der Waals surface area contributed by atoms with E-state index in [1.165, 1.54) is 10.6 Å². The van der Waals surface area contributed by atoms with Crippen LogP contribution >= 0.6 is 0 Å². The quantitative estimate of drug-likeness (QED) is 0.789. The maximum Gasteiger partial charge on any atom is 0.213 e. The highest BCUT2D eigenvalue weighted by molar-refractivity contribution is 7.89. The summed E-state index contributed by atoms with van der Waals surface area (Å²) >= 11 is 0. The number of anilines is 1. The summed E-state index contributed by atoms with van der Waals surface area (Å²) in [6.07, 6.45) is 5.01. The molecule has 0 radical (unpaired) electrons. The van der Waals surface area contributed by atoms with Crippen LogP contribution in [0.1, 0.15) is 19.4 Å². The van der Waals surface area contributed by atoms with E-state index in [9.17, 15) is 13.7 Å². The summed E-state index contributed by atoms with van der Waals surface area (Å²) in [6.45, 7) is 5.82. The van der Waals surface area contributed by atoms with Crippen LogP contribution in [0.2, 0.25) is 0 Å². The average molecular weight is 389 g/mol. The van der Waals surface area contributed by atoms with Gasteiger partial charge in [-0.2, -0.15) is 14.7 Å². The lowest BCUT2D eigenvalue weighted by Gasteiger charge is -2.50. The van der Waals surface area contributed by atoms with E-state index in [-0.39, 0.29) is 18.8 Å². The molecule has 0 aromatic carbocycles. The van der Waals surface area contributed by atoms with Crippen LogP contribution in [-0.2, 0) is 15.6 Å². The van der Waals surface area contributed by atoms with Gasteiger partial charge in [-0.05, 0) is 20.8 Å². The molecule has 1 N–H and O–H groups in total. The van der Waals surface area contributed by atoms with Crippen molar-refractivity contribution in [3.8, 4) is 17.3 Å². The van der Waals surface area contributed by atoms with Gasteiger partial charge in [0.25, 0.3) is 0 Å². The Bertz CT molecular complexity index is 987. The van der Waals surface area contributed by atoms with Gasteiger partial charge >= 0.3 is 0 Å². The van der Waals surface area contributed by atoms with Gasteiger partial charge < -0.3 is 5.32 Å². The van der Waals surface area contributed by atoms with E-state index < -0.39 is 21.5 Å². The van der Waals surface area contributed by atoms with E-state index in [2.05, 4.69) is 26.5 Å². The maximum atomic E-state index is 12.1. The molecule has 3 rings (SSSR count). The van der Waals surface area contributed by atoms with Crippen LogP contribution in [0, 0.1) is 24.2 Å². The molecule has 2 aromatic heterocycles. The minimum absolute atomic E-state index is 0.0430. The minimum Gasteiger partial charge on any atom is -0.373 e. The van der Waals surface area contributed by atoms with Crippen LogP contribution in [0.15, 0.2) is 18.7 Å². The first-order valence-corrected chi connectivity index (χ1v) is 10.3. The number of nitrogens with zero attached hydrogens (tertiary/aromatic N) is 6. The molecule has 0 unspecified atom stereocenters. The highest BCUT2D eigenvalue weighted by Gasteiger charge is 2.53. The van der Waals surface area contributed by atoms with Gasteiger partial charge in [0.2, 0.25) is 10.0 Å². The summed E-state index contributed by atoms with van der Waals surface area (Å²) in [5.41, 5.74) is 1.76. The second-order valence-electron chi connectivity index (χ2n) is 6.74. The molecule has 9 nitrogen and oxygen atoms in total. The number of aromatic nitrogens is 4. The molecule has 2 aromatic rings. The Morgan fingerprint density at radius 3 is 2.70 bits per heavy atom. The Hall–Kier alpha value is -2.51. The summed E-state index contributed by atoms with van der Waals surface area (Å²) in [7, 11) is -1.49. The van der Waals surface area contributed by atoms with Crippen LogP contribution in [0.25, 0.3) is 11.3 Å². The average Bonchev–Trinajstić information content (AvgIpc) is 3.10. The van der Waals surface area contributed by atoms with Crippen molar-refractivity contribution in [1.82, 2.24) is 24.1 Å². The van der Waals surface area contributed by atoms with E-state index in [0.29, 0.717) is 0 Å². The summed E-state index contributed by atoms with van der Waals surface area (Å²) in [6, 6.07) is 2.26. The molecule has 1 fully saturated rings. The molecule has 1 atom stereocenters. The standard InChI is InChI=1S/C17H23N7O2S/c1-5-27(25,26)23-9-17(10-23,12(2)6-18)24-8-14(7-22-24)15-13(3)16(19-4)21-11-20-15/h7-8,11-12H,5,9-10H2,1-4H3,(H,19,20,21)/t12-/m1/s1. The summed E-state index contributed by atoms with van der Waals surface area (Å²) in [4.78, 5) is 8.54. The third-order valence-electron chi connectivity index (χ3n) is 5.29. The molecule has 0 aliphatic carbocycles. The van der Waals surface area contributed by atoms with E-state index in [4.69, 9.17) is 0 Å². The van der Waals surface area contributed by atoms with Crippen LogP contribution in [0.4, 0.5) is 5.82 Å². The highest BCUT2D eigenvalue weighted by Crippen LogP contribution is 2.38.